The summed E-state index contributed by atoms with van der Waals surface area (Å²) < 4.78 is 5.75. The normalized spacial score (nSPS) is 15.3. The molecule has 1 aliphatic rings. The summed E-state index contributed by atoms with van der Waals surface area (Å²) in [6.45, 7) is 6.83. The molecule has 1 saturated heterocycles. The Labute approximate surface area is 152 Å². The van der Waals surface area contributed by atoms with Gasteiger partial charge in [0.2, 0.25) is 17.7 Å². The van der Waals surface area contributed by atoms with E-state index in [0.717, 1.165) is 12.8 Å². The van der Waals surface area contributed by atoms with Gasteiger partial charge >= 0.3 is 0 Å². The van der Waals surface area contributed by atoms with Gasteiger partial charge in [0, 0.05) is 43.1 Å². The zero-order valence-corrected chi connectivity index (χ0v) is 15.4. The Hall–Kier alpha value is -2.70. The van der Waals surface area contributed by atoms with Gasteiger partial charge < -0.3 is 14.6 Å². The highest BCUT2D eigenvalue weighted by atomic mass is 16.4. The maximum atomic E-state index is 12.7. The minimum atomic E-state index is -0.132. The summed E-state index contributed by atoms with van der Waals surface area (Å²) in [5.41, 5.74) is 1.31. The van der Waals surface area contributed by atoms with Gasteiger partial charge in [0.05, 0.1) is 0 Å². The van der Waals surface area contributed by atoms with Gasteiger partial charge in [-0.2, -0.15) is 0 Å². The molecule has 1 fully saturated rings. The van der Waals surface area contributed by atoms with Crippen LogP contribution in [0.1, 0.15) is 67.6 Å². The number of nitrogens with zero attached hydrogens (tertiary/aromatic N) is 3. The number of carbonyl (C=O) groups is 2. The summed E-state index contributed by atoms with van der Waals surface area (Å²) in [7, 11) is 0. The molecule has 1 aromatic heterocycles. The fourth-order valence-corrected chi connectivity index (χ4v) is 3.06. The fraction of sp³-hybridized carbons (Fsp3) is 0.474. The van der Waals surface area contributed by atoms with Crippen LogP contribution in [-0.4, -0.2) is 40.0 Å². The molecule has 0 bridgehead atoms. The Morgan fingerprint density at radius 2 is 1.81 bits per heavy atom. The molecule has 0 radical (unpaired) electrons. The molecular formula is C19H24N4O3. The highest BCUT2D eigenvalue weighted by Gasteiger charge is 2.28. The molecule has 138 valence electrons. The van der Waals surface area contributed by atoms with Gasteiger partial charge in [-0.25, -0.2) is 0 Å². The minimum Gasteiger partial charge on any atom is -0.425 e. The minimum absolute atomic E-state index is 0.00576. The number of benzene rings is 1. The topological polar surface area (TPSA) is 88.3 Å². The molecule has 0 atom stereocenters. The maximum absolute atomic E-state index is 12.7. The molecule has 7 nitrogen and oxygen atoms in total. The number of aromatic nitrogens is 2. The SMILES string of the molecule is CC(=O)Nc1ccc(C(=O)N2CCC(c3nnc(C(C)C)o3)CC2)cc1. The number of carbonyl (C=O) groups excluding carboxylic acids is 2. The van der Waals surface area contributed by atoms with Gasteiger partial charge in [-0.3, -0.25) is 9.59 Å². The maximum Gasteiger partial charge on any atom is 0.253 e. The molecule has 2 amide bonds. The average molecular weight is 356 g/mol. The van der Waals surface area contributed by atoms with Crippen LogP contribution in [-0.2, 0) is 4.79 Å². The number of nitrogens with one attached hydrogen (secondary N) is 1. The Bertz CT molecular complexity index is 774. The summed E-state index contributed by atoms with van der Waals surface area (Å²) in [6.07, 6.45) is 1.63. The van der Waals surface area contributed by atoms with Crippen LogP contribution in [0.4, 0.5) is 5.69 Å². The second kappa shape index (κ2) is 7.68. The van der Waals surface area contributed by atoms with E-state index in [1.54, 1.807) is 24.3 Å². The summed E-state index contributed by atoms with van der Waals surface area (Å²) in [5.74, 6) is 1.65. The lowest BCUT2D eigenvalue weighted by atomic mass is 9.96. The van der Waals surface area contributed by atoms with Crippen LogP contribution in [0.25, 0.3) is 0 Å². The largest absolute Gasteiger partial charge is 0.425 e. The van der Waals surface area contributed by atoms with E-state index >= 15 is 0 Å². The van der Waals surface area contributed by atoms with E-state index in [-0.39, 0.29) is 23.7 Å². The predicted octanol–water partition coefficient (Wildman–Crippen LogP) is 3.17. The van der Waals surface area contributed by atoms with Crippen molar-refractivity contribution >= 4 is 17.5 Å². The first-order valence-electron chi connectivity index (χ1n) is 8.94. The van der Waals surface area contributed by atoms with Gasteiger partial charge in [-0.05, 0) is 37.1 Å². The molecule has 0 spiro atoms. The van der Waals surface area contributed by atoms with Gasteiger partial charge in [0.15, 0.2) is 0 Å². The molecule has 1 aliphatic heterocycles. The highest BCUT2D eigenvalue weighted by molar-refractivity contribution is 5.95. The number of piperidine rings is 1. The predicted molar refractivity (Wildman–Crippen MR) is 97.0 cm³/mol. The number of anilines is 1. The highest BCUT2D eigenvalue weighted by Crippen LogP contribution is 2.29. The third-order valence-electron chi connectivity index (χ3n) is 4.53. The van der Waals surface area contributed by atoms with Gasteiger partial charge in [0.1, 0.15) is 0 Å². The van der Waals surface area contributed by atoms with Crippen molar-refractivity contribution in [3.05, 3.63) is 41.6 Å². The van der Waals surface area contributed by atoms with Crippen LogP contribution in [0.2, 0.25) is 0 Å². The molecule has 7 heteroatoms. The average Bonchev–Trinajstić information content (AvgIpc) is 3.12. The zero-order valence-electron chi connectivity index (χ0n) is 15.4. The van der Waals surface area contributed by atoms with E-state index in [9.17, 15) is 9.59 Å². The number of rotatable bonds is 4. The second-order valence-electron chi connectivity index (χ2n) is 6.96. The molecule has 2 heterocycles. The first-order valence-corrected chi connectivity index (χ1v) is 8.94. The lowest BCUT2D eigenvalue weighted by Crippen LogP contribution is -2.38. The quantitative estimate of drug-likeness (QED) is 0.909. The van der Waals surface area contributed by atoms with Crippen LogP contribution in [0.15, 0.2) is 28.7 Å². The van der Waals surface area contributed by atoms with Crippen LogP contribution in [0.5, 0.6) is 0 Å². The molecule has 0 unspecified atom stereocenters. The summed E-state index contributed by atoms with van der Waals surface area (Å²) in [6, 6.07) is 6.97. The van der Waals surface area contributed by atoms with E-state index in [0.29, 0.717) is 36.1 Å². The third kappa shape index (κ3) is 4.09. The smallest absolute Gasteiger partial charge is 0.253 e. The molecule has 26 heavy (non-hydrogen) atoms. The van der Waals surface area contributed by atoms with E-state index in [1.165, 1.54) is 6.92 Å². The Morgan fingerprint density at radius 3 is 2.35 bits per heavy atom. The number of amides is 2. The van der Waals surface area contributed by atoms with Crippen molar-refractivity contribution < 1.29 is 14.0 Å². The van der Waals surface area contributed by atoms with Crippen molar-refractivity contribution in [2.45, 2.75) is 45.4 Å². The molecule has 1 aromatic carbocycles. The van der Waals surface area contributed by atoms with Crippen LogP contribution in [0.3, 0.4) is 0 Å². The molecule has 2 aromatic rings. The van der Waals surface area contributed by atoms with E-state index in [4.69, 9.17) is 4.42 Å². The number of hydrogen-bond acceptors (Lipinski definition) is 5. The van der Waals surface area contributed by atoms with Crippen molar-refractivity contribution in [2.24, 2.45) is 0 Å². The third-order valence-corrected chi connectivity index (χ3v) is 4.53. The summed E-state index contributed by atoms with van der Waals surface area (Å²) in [4.78, 5) is 25.6. The molecule has 1 N–H and O–H groups in total. The summed E-state index contributed by atoms with van der Waals surface area (Å²) in [5, 5.41) is 11.0. The van der Waals surface area contributed by atoms with Crippen molar-refractivity contribution in [2.75, 3.05) is 18.4 Å². The standard InChI is InChI=1S/C19H24N4O3/c1-12(2)17-21-22-18(26-17)14-8-10-23(11-9-14)19(25)15-4-6-16(7-5-15)20-13(3)24/h4-7,12,14H,8-11H2,1-3H3,(H,20,24). The zero-order chi connectivity index (χ0) is 18.7. The van der Waals surface area contributed by atoms with Crippen molar-refractivity contribution in [3.8, 4) is 0 Å². The van der Waals surface area contributed by atoms with Crippen LogP contribution < -0.4 is 5.32 Å². The van der Waals surface area contributed by atoms with Gasteiger partial charge in [0.25, 0.3) is 5.91 Å². The molecule has 0 aliphatic carbocycles. The van der Waals surface area contributed by atoms with Crippen molar-refractivity contribution in [1.29, 1.82) is 0 Å². The van der Waals surface area contributed by atoms with Gasteiger partial charge in [-0.1, -0.05) is 13.8 Å². The first-order chi connectivity index (χ1) is 12.4. The second-order valence-corrected chi connectivity index (χ2v) is 6.96. The molecule has 0 saturated carbocycles. The van der Waals surface area contributed by atoms with E-state index in [1.807, 2.05) is 18.7 Å². The number of likely N-dealkylation sites (tertiary alicyclic amines) is 1. The lowest BCUT2D eigenvalue weighted by Gasteiger charge is -2.30. The van der Waals surface area contributed by atoms with Gasteiger partial charge in [-0.15, -0.1) is 10.2 Å². The number of hydrogen-bond donors (Lipinski definition) is 1. The lowest BCUT2D eigenvalue weighted by molar-refractivity contribution is -0.114. The Balaban J connectivity index is 1.58. The molecular weight excluding hydrogens is 332 g/mol. The van der Waals surface area contributed by atoms with Crippen LogP contribution >= 0.6 is 0 Å². The Morgan fingerprint density at radius 1 is 1.15 bits per heavy atom. The molecule has 3 rings (SSSR count). The Kier molecular flexibility index (Phi) is 5.35. The van der Waals surface area contributed by atoms with Crippen molar-refractivity contribution in [3.63, 3.8) is 0 Å². The van der Waals surface area contributed by atoms with E-state index < -0.39 is 0 Å². The monoisotopic (exact) mass is 356 g/mol. The summed E-state index contributed by atoms with van der Waals surface area (Å²) >= 11 is 0. The fourth-order valence-electron chi connectivity index (χ4n) is 3.06. The van der Waals surface area contributed by atoms with E-state index in [2.05, 4.69) is 15.5 Å². The first kappa shape index (κ1) is 18.1. The van der Waals surface area contributed by atoms with Crippen LogP contribution in [0, 0.1) is 0 Å². The van der Waals surface area contributed by atoms with Crippen molar-refractivity contribution in [1.82, 2.24) is 15.1 Å².